The van der Waals surface area contributed by atoms with E-state index in [0.29, 0.717) is 12.8 Å². The zero-order valence-corrected chi connectivity index (χ0v) is 9.04. The molecular weight excluding hydrogens is 182 g/mol. The molecule has 0 rings (SSSR count). The third-order valence-corrected chi connectivity index (χ3v) is 1.84. The van der Waals surface area contributed by atoms with E-state index in [1.807, 2.05) is 0 Å². The first-order valence-electron chi connectivity index (χ1n) is 4.75. The molecule has 0 aromatic carbocycles. The van der Waals surface area contributed by atoms with E-state index in [0.717, 1.165) is 6.42 Å². The third-order valence-electron chi connectivity index (χ3n) is 1.84. The molecule has 0 bridgehead atoms. The van der Waals surface area contributed by atoms with E-state index in [-0.39, 0.29) is 11.8 Å². The quantitative estimate of drug-likeness (QED) is 0.630. The summed E-state index contributed by atoms with van der Waals surface area (Å²) in [4.78, 5) is 20.8. The molecule has 0 fully saturated rings. The Kier molecular flexibility index (Phi) is 5.38. The monoisotopic (exact) mass is 201 g/mol. The van der Waals surface area contributed by atoms with Crippen molar-refractivity contribution >= 4 is 12.3 Å². The van der Waals surface area contributed by atoms with Gasteiger partial charge in [0, 0.05) is 0 Å². The van der Waals surface area contributed by atoms with Gasteiger partial charge in [-0.05, 0) is 18.4 Å². The van der Waals surface area contributed by atoms with Crippen LogP contribution in [0.15, 0.2) is 0 Å². The first-order chi connectivity index (χ1) is 6.35. The molecule has 0 amide bonds. The Morgan fingerprint density at radius 1 is 1.50 bits per heavy atom. The minimum atomic E-state index is -0.953. The lowest BCUT2D eigenvalue weighted by Gasteiger charge is -2.19. The highest BCUT2D eigenvalue weighted by Gasteiger charge is 2.14. The van der Waals surface area contributed by atoms with E-state index >= 15 is 0 Å². The first-order valence-corrected chi connectivity index (χ1v) is 4.75. The SMILES string of the molecule is CC(C)(C)CCN[C@H](C=O)CC(=O)O. The average Bonchev–Trinajstić information content (AvgIpc) is 1.99. The Morgan fingerprint density at radius 2 is 2.07 bits per heavy atom. The summed E-state index contributed by atoms with van der Waals surface area (Å²) in [6.07, 6.45) is 1.42. The average molecular weight is 201 g/mol. The minimum absolute atomic E-state index is 0.145. The van der Waals surface area contributed by atoms with Crippen LogP contribution in [0.1, 0.15) is 33.6 Å². The molecule has 0 radical (unpaired) electrons. The molecular formula is C10H19NO3. The topological polar surface area (TPSA) is 66.4 Å². The smallest absolute Gasteiger partial charge is 0.305 e. The second-order valence-corrected chi connectivity index (χ2v) is 4.61. The molecule has 0 aliphatic heterocycles. The van der Waals surface area contributed by atoms with Crippen molar-refractivity contribution in [1.82, 2.24) is 5.32 Å². The van der Waals surface area contributed by atoms with Gasteiger partial charge in [-0.1, -0.05) is 20.8 Å². The van der Waals surface area contributed by atoms with Gasteiger partial charge in [0.15, 0.2) is 0 Å². The van der Waals surface area contributed by atoms with Crippen molar-refractivity contribution < 1.29 is 14.7 Å². The van der Waals surface area contributed by atoms with Gasteiger partial charge < -0.3 is 15.2 Å². The summed E-state index contributed by atoms with van der Waals surface area (Å²) >= 11 is 0. The van der Waals surface area contributed by atoms with E-state index in [2.05, 4.69) is 26.1 Å². The van der Waals surface area contributed by atoms with Gasteiger partial charge in [-0.15, -0.1) is 0 Å². The van der Waals surface area contributed by atoms with Crippen LogP contribution in [-0.2, 0) is 9.59 Å². The molecule has 0 aromatic rings. The summed E-state index contributed by atoms with van der Waals surface area (Å²) in [6.45, 7) is 6.96. The number of carbonyl (C=O) groups is 2. The second kappa shape index (κ2) is 5.75. The molecule has 0 saturated carbocycles. The summed E-state index contributed by atoms with van der Waals surface area (Å²) in [5.74, 6) is -0.953. The Balaban J connectivity index is 3.74. The van der Waals surface area contributed by atoms with Crippen molar-refractivity contribution in [2.75, 3.05) is 6.54 Å². The summed E-state index contributed by atoms with van der Waals surface area (Å²) < 4.78 is 0. The highest BCUT2D eigenvalue weighted by molar-refractivity contribution is 5.73. The van der Waals surface area contributed by atoms with Crippen molar-refractivity contribution in [1.29, 1.82) is 0 Å². The molecule has 0 aliphatic carbocycles. The van der Waals surface area contributed by atoms with Gasteiger partial charge in [-0.3, -0.25) is 4.79 Å². The molecule has 4 nitrogen and oxygen atoms in total. The van der Waals surface area contributed by atoms with Gasteiger partial charge in [0.1, 0.15) is 6.29 Å². The van der Waals surface area contributed by atoms with Crippen LogP contribution >= 0.6 is 0 Å². The maximum absolute atomic E-state index is 10.5. The Morgan fingerprint density at radius 3 is 2.43 bits per heavy atom. The molecule has 0 heterocycles. The molecule has 4 heteroatoms. The van der Waals surface area contributed by atoms with E-state index in [1.165, 1.54) is 0 Å². The van der Waals surface area contributed by atoms with E-state index in [1.54, 1.807) is 0 Å². The number of carbonyl (C=O) groups excluding carboxylic acids is 1. The van der Waals surface area contributed by atoms with Crippen LogP contribution < -0.4 is 5.32 Å². The Hall–Kier alpha value is -0.900. The molecule has 0 unspecified atom stereocenters. The van der Waals surface area contributed by atoms with Crippen molar-refractivity contribution in [3.8, 4) is 0 Å². The number of carboxylic acids is 1. The normalized spacial score (nSPS) is 13.6. The van der Waals surface area contributed by atoms with Crippen LogP contribution in [0, 0.1) is 5.41 Å². The summed E-state index contributed by atoms with van der Waals surface area (Å²) in [6, 6.07) is -0.560. The first kappa shape index (κ1) is 13.1. The number of carboxylic acid groups (broad SMARTS) is 1. The van der Waals surface area contributed by atoms with Crippen LogP contribution in [0.25, 0.3) is 0 Å². The van der Waals surface area contributed by atoms with Gasteiger partial charge in [0.2, 0.25) is 0 Å². The Labute approximate surface area is 84.7 Å². The molecule has 82 valence electrons. The number of aldehydes is 1. The van der Waals surface area contributed by atoms with Crippen LogP contribution in [0.3, 0.4) is 0 Å². The zero-order valence-electron chi connectivity index (χ0n) is 9.04. The van der Waals surface area contributed by atoms with E-state index < -0.39 is 12.0 Å². The highest BCUT2D eigenvalue weighted by Crippen LogP contribution is 2.17. The van der Waals surface area contributed by atoms with Gasteiger partial charge in [-0.25, -0.2) is 0 Å². The van der Waals surface area contributed by atoms with E-state index in [9.17, 15) is 9.59 Å². The lowest BCUT2D eigenvalue weighted by atomic mass is 9.92. The lowest BCUT2D eigenvalue weighted by Crippen LogP contribution is -2.34. The van der Waals surface area contributed by atoms with Gasteiger partial charge >= 0.3 is 5.97 Å². The summed E-state index contributed by atoms with van der Waals surface area (Å²) in [5.41, 5.74) is 0.198. The van der Waals surface area contributed by atoms with Crippen LogP contribution in [0.2, 0.25) is 0 Å². The molecule has 2 N–H and O–H groups in total. The number of hydrogen-bond donors (Lipinski definition) is 2. The van der Waals surface area contributed by atoms with E-state index in [4.69, 9.17) is 5.11 Å². The minimum Gasteiger partial charge on any atom is -0.481 e. The second-order valence-electron chi connectivity index (χ2n) is 4.61. The number of hydrogen-bond acceptors (Lipinski definition) is 3. The van der Waals surface area contributed by atoms with Crippen molar-refractivity contribution in [3.05, 3.63) is 0 Å². The molecule has 0 aliphatic rings. The summed E-state index contributed by atoms with van der Waals surface area (Å²) in [7, 11) is 0. The maximum atomic E-state index is 10.5. The molecule has 14 heavy (non-hydrogen) atoms. The predicted octanol–water partition coefficient (Wildman–Crippen LogP) is 1.05. The number of rotatable bonds is 6. The van der Waals surface area contributed by atoms with Crippen molar-refractivity contribution in [3.63, 3.8) is 0 Å². The zero-order chi connectivity index (χ0) is 11.2. The van der Waals surface area contributed by atoms with Crippen molar-refractivity contribution in [2.24, 2.45) is 5.41 Å². The van der Waals surface area contributed by atoms with Crippen molar-refractivity contribution in [2.45, 2.75) is 39.7 Å². The fraction of sp³-hybridized carbons (Fsp3) is 0.800. The maximum Gasteiger partial charge on any atom is 0.305 e. The van der Waals surface area contributed by atoms with Crippen LogP contribution in [0.5, 0.6) is 0 Å². The predicted molar refractivity (Wildman–Crippen MR) is 54.2 cm³/mol. The largest absolute Gasteiger partial charge is 0.481 e. The van der Waals surface area contributed by atoms with Crippen LogP contribution in [-0.4, -0.2) is 29.9 Å². The number of aliphatic carboxylic acids is 1. The van der Waals surface area contributed by atoms with Gasteiger partial charge in [-0.2, -0.15) is 0 Å². The van der Waals surface area contributed by atoms with Gasteiger partial charge in [0.25, 0.3) is 0 Å². The molecule has 0 spiro atoms. The molecule has 0 aromatic heterocycles. The third kappa shape index (κ3) is 7.73. The fourth-order valence-corrected chi connectivity index (χ4v) is 0.989. The van der Waals surface area contributed by atoms with Crippen LogP contribution in [0.4, 0.5) is 0 Å². The lowest BCUT2D eigenvalue weighted by molar-refractivity contribution is -0.138. The highest BCUT2D eigenvalue weighted by atomic mass is 16.4. The molecule has 0 saturated heterocycles. The van der Waals surface area contributed by atoms with Gasteiger partial charge in [0.05, 0.1) is 12.5 Å². The molecule has 1 atom stereocenters. The Bertz CT molecular complexity index is 196. The standard InChI is InChI=1S/C10H19NO3/c1-10(2,3)4-5-11-8(7-12)6-9(13)14/h7-8,11H,4-6H2,1-3H3,(H,13,14)/t8-/m0/s1. The number of nitrogens with one attached hydrogen (secondary N) is 1. The summed E-state index contributed by atoms with van der Waals surface area (Å²) in [5, 5.41) is 11.4. The fourth-order valence-electron chi connectivity index (χ4n) is 0.989.